The van der Waals surface area contributed by atoms with Crippen molar-refractivity contribution in [3.63, 3.8) is 0 Å². The van der Waals surface area contributed by atoms with Gasteiger partial charge in [-0.3, -0.25) is 0 Å². The first-order valence-electron chi connectivity index (χ1n) is 10.6. The minimum atomic E-state index is -0.703. The third kappa shape index (κ3) is 3.68. The SMILES string of the molecule is Cc1c(Nc2ccc(Nc3c(C)c4ccc(O)c(O)c4oc3=O)cc2)c(=O)oc2c(O)cccc12. The molecule has 0 atom stereocenters. The molecule has 0 bridgehead atoms. The molecule has 176 valence electrons. The Bertz CT molecular complexity index is 1730. The monoisotopic (exact) mass is 472 g/mol. The highest BCUT2D eigenvalue weighted by Crippen LogP contribution is 2.36. The summed E-state index contributed by atoms with van der Waals surface area (Å²) >= 11 is 0. The van der Waals surface area contributed by atoms with E-state index < -0.39 is 17.0 Å². The molecule has 9 nitrogen and oxygen atoms in total. The van der Waals surface area contributed by atoms with E-state index in [1.807, 2.05) is 0 Å². The summed E-state index contributed by atoms with van der Waals surface area (Å²) in [7, 11) is 0. The normalized spacial score (nSPS) is 11.1. The molecule has 0 saturated carbocycles. The highest BCUT2D eigenvalue weighted by Gasteiger charge is 2.17. The molecule has 0 aliphatic rings. The molecule has 0 amide bonds. The lowest BCUT2D eigenvalue weighted by atomic mass is 10.1. The Kier molecular flexibility index (Phi) is 5.09. The lowest BCUT2D eigenvalue weighted by Crippen LogP contribution is -2.10. The molecule has 0 fully saturated rings. The summed E-state index contributed by atoms with van der Waals surface area (Å²) in [6.45, 7) is 3.46. The van der Waals surface area contributed by atoms with Gasteiger partial charge in [-0.1, -0.05) is 12.1 Å². The van der Waals surface area contributed by atoms with E-state index in [1.54, 1.807) is 56.3 Å². The predicted molar refractivity (Wildman–Crippen MR) is 132 cm³/mol. The van der Waals surface area contributed by atoms with E-state index in [-0.39, 0.29) is 34.0 Å². The lowest BCUT2D eigenvalue weighted by molar-refractivity contribution is 0.397. The largest absolute Gasteiger partial charge is 0.504 e. The van der Waals surface area contributed by atoms with Crippen LogP contribution in [-0.2, 0) is 0 Å². The van der Waals surface area contributed by atoms with Gasteiger partial charge in [-0.05, 0) is 67.4 Å². The summed E-state index contributed by atoms with van der Waals surface area (Å²) in [5.74, 6) is -0.977. The first kappa shape index (κ1) is 21.9. The average molecular weight is 472 g/mol. The third-order valence-electron chi connectivity index (χ3n) is 5.88. The number of phenolic OH excluding ortho intramolecular Hbond substituents is 3. The second-order valence-electron chi connectivity index (χ2n) is 8.07. The maximum absolute atomic E-state index is 12.5. The summed E-state index contributed by atoms with van der Waals surface area (Å²) < 4.78 is 10.5. The van der Waals surface area contributed by atoms with Crippen LogP contribution < -0.4 is 21.9 Å². The Morgan fingerprint density at radius 1 is 0.629 bits per heavy atom. The van der Waals surface area contributed by atoms with Gasteiger partial charge in [0, 0.05) is 22.1 Å². The third-order valence-corrected chi connectivity index (χ3v) is 5.88. The van der Waals surface area contributed by atoms with E-state index >= 15 is 0 Å². The number of fused-ring (bicyclic) bond motifs is 2. The molecule has 5 rings (SSSR count). The van der Waals surface area contributed by atoms with Crippen molar-refractivity contribution in [2.45, 2.75) is 13.8 Å². The van der Waals surface area contributed by atoms with Gasteiger partial charge in [0.05, 0.1) is 0 Å². The van der Waals surface area contributed by atoms with Crippen LogP contribution in [0.2, 0.25) is 0 Å². The summed E-state index contributed by atoms with van der Waals surface area (Å²) in [5, 5.41) is 36.8. The smallest absolute Gasteiger partial charge is 0.360 e. The van der Waals surface area contributed by atoms with Crippen LogP contribution in [0.1, 0.15) is 11.1 Å². The van der Waals surface area contributed by atoms with Crippen LogP contribution in [0.3, 0.4) is 0 Å². The van der Waals surface area contributed by atoms with Crippen LogP contribution in [0, 0.1) is 13.8 Å². The fourth-order valence-corrected chi connectivity index (χ4v) is 3.96. The molecule has 2 aromatic heterocycles. The minimum Gasteiger partial charge on any atom is -0.504 e. The van der Waals surface area contributed by atoms with Gasteiger partial charge < -0.3 is 34.8 Å². The minimum absolute atomic E-state index is 0.0875. The van der Waals surface area contributed by atoms with Gasteiger partial charge in [0.25, 0.3) is 0 Å². The maximum Gasteiger partial charge on any atom is 0.360 e. The first-order valence-corrected chi connectivity index (χ1v) is 10.6. The highest BCUT2D eigenvalue weighted by molar-refractivity contribution is 5.91. The number of hydrogen-bond acceptors (Lipinski definition) is 9. The second-order valence-corrected chi connectivity index (χ2v) is 8.07. The Morgan fingerprint density at radius 2 is 1.14 bits per heavy atom. The van der Waals surface area contributed by atoms with Crippen LogP contribution in [0.25, 0.3) is 21.9 Å². The van der Waals surface area contributed by atoms with Gasteiger partial charge in [-0.15, -0.1) is 0 Å². The Morgan fingerprint density at radius 3 is 1.71 bits per heavy atom. The van der Waals surface area contributed by atoms with Crippen molar-refractivity contribution in [2.24, 2.45) is 0 Å². The molecule has 0 unspecified atom stereocenters. The topological polar surface area (TPSA) is 145 Å². The molecule has 5 N–H and O–H groups in total. The maximum atomic E-state index is 12.5. The number of para-hydroxylation sites is 1. The number of hydrogen-bond donors (Lipinski definition) is 5. The molecule has 3 aromatic carbocycles. The zero-order chi connectivity index (χ0) is 24.9. The van der Waals surface area contributed by atoms with E-state index in [0.717, 1.165) is 0 Å². The van der Waals surface area contributed by atoms with E-state index in [9.17, 15) is 24.9 Å². The van der Waals surface area contributed by atoms with Gasteiger partial charge in [-0.25, -0.2) is 9.59 Å². The molecule has 2 heterocycles. The summed E-state index contributed by atoms with van der Waals surface area (Å²) in [6.07, 6.45) is 0. The molecule has 9 heteroatoms. The predicted octanol–water partition coefficient (Wildman–Crippen LogP) is 5.12. The zero-order valence-electron chi connectivity index (χ0n) is 18.7. The zero-order valence-corrected chi connectivity index (χ0v) is 18.7. The van der Waals surface area contributed by atoms with Crippen molar-refractivity contribution < 1.29 is 24.2 Å². The van der Waals surface area contributed by atoms with Crippen LogP contribution >= 0.6 is 0 Å². The summed E-state index contributed by atoms with van der Waals surface area (Å²) in [5.41, 5.74) is 1.53. The number of nitrogens with one attached hydrogen (secondary N) is 2. The fourth-order valence-electron chi connectivity index (χ4n) is 3.96. The van der Waals surface area contributed by atoms with Gasteiger partial charge in [0.15, 0.2) is 22.7 Å². The number of aromatic hydroxyl groups is 3. The van der Waals surface area contributed by atoms with Crippen molar-refractivity contribution in [1.82, 2.24) is 0 Å². The van der Waals surface area contributed by atoms with Crippen LogP contribution in [0.5, 0.6) is 17.2 Å². The molecule has 0 saturated heterocycles. The number of phenols is 3. The molecule has 0 radical (unpaired) electrons. The highest BCUT2D eigenvalue weighted by atomic mass is 16.4. The van der Waals surface area contributed by atoms with Crippen molar-refractivity contribution in [2.75, 3.05) is 10.6 Å². The summed E-state index contributed by atoms with van der Waals surface area (Å²) in [4.78, 5) is 25.1. The quantitative estimate of drug-likeness (QED) is 0.178. The first-order chi connectivity index (χ1) is 16.7. The molecule has 0 aliphatic carbocycles. The van der Waals surface area contributed by atoms with Gasteiger partial charge in [0.2, 0.25) is 5.75 Å². The average Bonchev–Trinajstić information content (AvgIpc) is 2.84. The van der Waals surface area contributed by atoms with E-state index in [1.165, 1.54) is 12.1 Å². The van der Waals surface area contributed by atoms with Crippen molar-refractivity contribution in [3.8, 4) is 17.2 Å². The Balaban J connectivity index is 1.45. The lowest BCUT2D eigenvalue weighted by Gasteiger charge is -2.13. The second kappa shape index (κ2) is 8.14. The van der Waals surface area contributed by atoms with Crippen LogP contribution in [-0.4, -0.2) is 15.3 Å². The van der Waals surface area contributed by atoms with Crippen LogP contribution in [0.4, 0.5) is 22.7 Å². The van der Waals surface area contributed by atoms with Gasteiger partial charge >= 0.3 is 11.3 Å². The van der Waals surface area contributed by atoms with E-state index in [4.69, 9.17) is 8.83 Å². The number of benzene rings is 3. The van der Waals surface area contributed by atoms with Crippen molar-refractivity contribution >= 4 is 44.7 Å². The van der Waals surface area contributed by atoms with Gasteiger partial charge in [0.1, 0.15) is 11.4 Å². The standard InChI is InChI=1S/C26H20N2O7/c1-12-16-4-3-5-19(30)23(16)34-25(32)20(12)27-14-6-8-15(9-7-14)28-21-13(2)17-10-11-18(29)22(31)24(17)35-26(21)33/h3-11,27-31H,1-2H3. The number of anilines is 4. The molecule has 0 aliphatic heterocycles. The Hall–Kier alpha value is -4.92. The number of rotatable bonds is 4. The molecule has 5 aromatic rings. The van der Waals surface area contributed by atoms with Crippen molar-refractivity contribution in [3.05, 3.63) is 86.6 Å². The molecular weight excluding hydrogens is 452 g/mol. The van der Waals surface area contributed by atoms with E-state index in [0.29, 0.717) is 33.3 Å². The summed E-state index contributed by atoms with van der Waals surface area (Å²) in [6, 6.07) is 14.6. The Labute approximate surface area is 197 Å². The number of aryl methyl sites for hydroxylation is 2. The molecular formula is C26H20N2O7. The molecule has 0 spiro atoms. The van der Waals surface area contributed by atoms with Crippen LogP contribution in [0.15, 0.2) is 73.0 Å². The fraction of sp³-hybridized carbons (Fsp3) is 0.0769. The van der Waals surface area contributed by atoms with E-state index in [2.05, 4.69) is 10.6 Å². The van der Waals surface area contributed by atoms with Crippen molar-refractivity contribution in [1.29, 1.82) is 0 Å². The molecule has 35 heavy (non-hydrogen) atoms. The van der Waals surface area contributed by atoms with Gasteiger partial charge in [-0.2, -0.15) is 0 Å².